The van der Waals surface area contributed by atoms with Crippen LogP contribution in [0.3, 0.4) is 0 Å². The van der Waals surface area contributed by atoms with Gasteiger partial charge in [-0.1, -0.05) is 41.6 Å². The van der Waals surface area contributed by atoms with Gasteiger partial charge in [0.2, 0.25) is 0 Å². The van der Waals surface area contributed by atoms with Crippen LogP contribution >= 0.6 is 11.8 Å². The third-order valence-corrected chi connectivity index (χ3v) is 4.20. The number of thioether (sulfide) groups is 1. The Labute approximate surface area is 125 Å². The highest BCUT2D eigenvalue weighted by Gasteiger charge is 2.14. The van der Waals surface area contributed by atoms with Crippen molar-refractivity contribution >= 4 is 28.7 Å². The van der Waals surface area contributed by atoms with Gasteiger partial charge in [-0.3, -0.25) is 4.79 Å². The number of carboxylic acids is 1. The maximum absolute atomic E-state index is 10.8. The van der Waals surface area contributed by atoms with Crippen LogP contribution in [0.2, 0.25) is 0 Å². The van der Waals surface area contributed by atoms with Crippen molar-refractivity contribution in [2.24, 2.45) is 0 Å². The molecule has 3 aromatic rings. The van der Waals surface area contributed by atoms with E-state index in [-0.39, 0.29) is 6.42 Å². The molecule has 4 nitrogen and oxygen atoms in total. The third kappa shape index (κ3) is 3.08. The van der Waals surface area contributed by atoms with Crippen LogP contribution in [-0.4, -0.2) is 16.2 Å². The summed E-state index contributed by atoms with van der Waals surface area (Å²) in [6.07, 6.45) is -0.125. The highest BCUT2D eigenvalue weighted by molar-refractivity contribution is 7.98. The topological polar surface area (TPSA) is 63.3 Å². The number of aliphatic carboxylic acids is 1. The second-order valence-electron chi connectivity index (χ2n) is 4.61. The van der Waals surface area contributed by atoms with Gasteiger partial charge in [-0.25, -0.2) is 0 Å². The Bertz CT molecular complexity index is 768. The molecule has 2 aromatic carbocycles. The van der Waals surface area contributed by atoms with Gasteiger partial charge in [0.15, 0.2) is 5.58 Å². The zero-order valence-corrected chi connectivity index (χ0v) is 12.0. The molecule has 3 rings (SSSR count). The predicted molar refractivity (Wildman–Crippen MR) is 81.4 cm³/mol. The molecular formula is C16H13NO3S. The monoisotopic (exact) mass is 299 g/mol. The molecule has 0 amide bonds. The molecule has 0 aliphatic heterocycles. The van der Waals surface area contributed by atoms with E-state index in [9.17, 15) is 4.79 Å². The number of rotatable bonds is 5. The van der Waals surface area contributed by atoms with Gasteiger partial charge in [0.05, 0.1) is 11.3 Å². The molecule has 21 heavy (non-hydrogen) atoms. The molecular weight excluding hydrogens is 286 g/mol. The van der Waals surface area contributed by atoms with E-state index in [2.05, 4.69) is 17.3 Å². The van der Waals surface area contributed by atoms with Crippen molar-refractivity contribution in [2.45, 2.75) is 17.1 Å². The van der Waals surface area contributed by atoms with Crippen molar-refractivity contribution in [1.82, 2.24) is 5.16 Å². The van der Waals surface area contributed by atoms with E-state index in [1.54, 1.807) is 11.8 Å². The standard InChI is InChI=1S/C16H13NO3S/c18-15(19)9-13-12-7-4-8-14(16(12)20-17-13)21-10-11-5-2-1-3-6-11/h1-8H,9-10H2,(H,18,19). The summed E-state index contributed by atoms with van der Waals surface area (Å²) in [4.78, 5) is 11.8. The van der Waals surface area contributed by atoms with Gasteiger partial charge in [-0.15, -0.1) is 11.8 Å². The van der Waals surface area contributed by atoms with Gasteiger partial charge in [0.1, 0.15) is 5.69 Å². The van der Waals surface area contributed by atoms with Gasteiger partial charge in [0, 0.05) is 11.1 Å². The van der Waals surface area contributed by atoms with Crippen molar-refractivity contribution in [1.29, 1.82) is 0 Å². The minimum Gasteiger partial charge on any atom is -0.481 e. The molecule has 1 N–H and O–H groups in total. The first-order chi connectivity index (χ1) is 10.2. The van der Waals surface area contributed by atoms with Gasteiger partial charge in [-0.05, 0) is 17.7 Å². The number of carbonyl (C=O) groups is 1. The molecule has 0 saturated carbocycles. The maximum Gasteiger partial charge on any atom is 0.309 e. The minimum atomic E-state index is -0.910. The molecule has 0 bridgehead atoms. The van der Waals surface area contributed by atoms with Crippen LogP contribution in [0.15, 0.2) is 57.9 Å². The lowest BCUT2D eigenvalue weighted by molar-refractivity contribution is -0.136. The molecule has 106 valence electrons. The quantitative estimate of drug-likeness (QED) is 0.727. The Kier molecular flexibility index (Phi) is 3.92. The first-order valence-electron chi connectivity index (χ1n) is 6.50. The number of benzene rings is 2. The van der Waals surface area contributed by atoms with Crippen LogP contribution in [0.4, 0.5) is 0 Å². The lowest BCUT2D eigenvalue weighted by Gasteiger charge is -2.02. The molecule has 1 aromatic heterocycles. The Morgan fingerprint density at radius 2 is 1.95 bits per heavy atom. The Morgan fingerprint density at radius 1 is 1.14 bits per heavy atom. The molecule has 0 fully saturated rings. The van der Waals surface area contributed by atoms with Gasteiger partial charge in [-0.2, -0.15) is 0 Å². The van der Waals surface area contributed by atoms with E-state index in [4.69, 9.17) is 9.63 Å². The maximum atomic E-state index is 10.8. The summed E-state index contributed by atoms with van der Waals surface area (Å²) in [5, 5.41) is 13.5. The van der Waals surface area contributed by atoms with Crippen molar-refractivity contribution in [3.63, 3.8) is 0 Å². The van der Waals surface area contributed by atoms with Crippen molar-refractivity contribution in [3.8, 4) is 0 Å². The van der Waals surface area contributed by atoms with E-state index in [0.717, 1.165) is 16.0 Å². The normalized spacial score (nSPS) is 10.9. The van der Waals surface area contributed by atoms with Crippen molar-refractivity contribution in [2.75, 3.05) is 0 Å². The summed E-state index contributed by atoms with van der Waals surface area (Å²) in [5.74, 6) is -0.0814. The summed E-state index contributed by atoms with van der Waals surface area (Å²) in [6.45, 7) is 0. The second-order valence-corrected chi connectivity index (χ2v) is 5.62. The van der Waals surface area contributed by atoms with Gasteiger partial charge in [0.25, 0.3) is 0 Å². The van der Waals surface area contributed by atoms with E-state index in [1.165, 1.54) is 5.56 Å². The SMILES string of the molecule is O=C(O)Cc1noc2c(SCc3ccccc3)cccc12. The van der Waals surface area contributed by atoms with Crippen LogP contribution < -0.4 is 0 Å². The number of aromatic nitrogens is 1. The average Bonchev–Trinajstić information content (AvgIpc) is 2.89. The molecule has 0 aliphatic carbocycles. The highest BCUT2D eigenvalue weighted by Crippen LogP contribution is 2.31. The van der Waals surface area contributed by atoms with E-state index in [0.29, 0.717) is 11.3 Å². The minimum absolute atomic E-state index is 0.125. The van der Waals surface area contributed by atoms with E-state index < -0.39 is 5.97 Å². The lowest BCUT2D eigenvalue weighted by atomic mass is 10.2. The molecule has 0 unspecified atom stereocenters. The Hall–Kier alpha value is -2.27. The summed E-state index contributed by atoms with van der Waals surface area (Å²) < 4.78 is 5.34. The van der Waals surface area contributed by atoms with E-state index in [1.807, 2.05) is 36.4 Å². The first kappa shape index (κ1) is 13.7. The molecule has 1 heterocycles. The van der Waals surface area contributed by atoms with Crippen LogP contribution in [0, 0.1) is 0 Å². The number of fused-ring (bicyclic) bond motifs is 1. The molecule has 0 saturated heterocycles. The largest absolute Gasteiger partial charge is 0.481 e. The molecule has 5 heteroatoms. The number of nitrogens with zero attached hydrogens (tertiary/aromatic N) is 1. The predicted octanol–water partition coefficient (Wildman–Crippen LogP) is 3.75. The zero-order valence-electron chi connectivity index (χ0n) is 11.2. The van der Waals surface area contributed by atoms with Gasteiger partial charge >= 0.3 is 5.97 Å². The summed E-state index contributed by atoms with van der Waals surface area (Å²) >= 11 is 1.65. The number of carboxylic acid groups (broad SMARTS) is 1. The Balaban J connectivity index is 1.86. The van der Waals surface area contributed by atoms with Crippen molar-refractivity contribution < 1.29 is 14.4 Å². The smallest absolute Gasteiger partial charge is 0.309 e. The van der Waals surface area contributed by atoms with Crippen molar-refractivity contribution in [3.05, 3.63) is 59.8 Å². The summed E-state index contributed by atoms with van der Waals surface area (Å²) in [5.41, 5.74) is 2.36. The number of hydrogen-bond acceptors (Lipinski definition) is 4. The summed E-state index contributed by atoms with van der Waals surface area (Å²) in [7, 11) is 0. The number of para-hydroxylation sites is 1. The molecule has 0 atom stereocenters. The zero-order chi connectivity index (χ0) is 14.7. The first-order valence-corrected chi connectivity index (χ1v) is 7.48. The van der Waals surface area contributed by atoms with Crippen LogP contribution in [0.25, 0.3) is 11.0 Å². The van der Waals surface area contributed by atoms with E-state index >= 15 is 0 Å². The number of hydrogen-bond donors (Lipinski definition) is 1. The fourth-order valence-electron chi connectivity index (χ4n) is 2.11. The molecule has 0 radical (unpaired) electrons. The second kappa shape index (κ2) is 6.01. The average molecular weight is 299 g/mol. The van der Waals surface area contributed by atoms with Crippen LogP contribution in [0.5, 0.6) is 0 Å². The Morgan fingerprint density at radius 3 is 2.71 bits per heavy atom. The fraction of sp³-hybridized carbons (Fsp3) is 0.125. The summed E-state index contributed by atoms with van der Waals surface area (Å²) in [6, 6.07) is 15.9. The van der Waals surface area contributed by atoms with Crippen LogP contribution in [0.1, 0.15) is 11.3 Å². The highest BCUT2D eigenvalue weighted by atomic mass is 32.2. The third-order valence-electron chi connectivity index (χ3n) is 3.09. The van der Waals surface area contributed by atoms with Crippen LogP contribution in [-0.2, 0) is 17.0 Å². The molecule has 0 spiro atoms. The fourth-order valence-corrected chi connectivity index (χ4v) is 3.07. The van der Waals surface area contributed by atoms with Gasteiger partial charge < -0.3 is 9.63 Å². The lowest BCUT2D eigenvalue weighted by Crippen LogP contribution is -2.00. The molecule has 0 aliphatic rings.